The molecular formula is C31H35N5O5. The Morgan fingerprint density at radius 2 is 1.93 bits per heavy atom. The van der Waals surface area contributed by atoms with Crippen LogP contribution in [0.4, 0.5) is 5.82 Å². The summed E-state index contributed by atoms with van der Waals surface area (Å²) >= 11 is 0. The maximum absolute atomic E-state index is 13.2. The molecule has 0 aliphatic carbocycles. The Kier molecular flexibility index (Phi) is 8.00. The highest BCUT2D eigenvalue weighted by Crippen LogP contribution is 2.33. The summed E-state index contributed by atoms with van der Waals surface area (Å²) in [4.78, 5) is 39.0. The van der Waals surface area contributed by atoms with Crippen LogP contribution in [0.1, 0.15) is 47.3 Å². The van der Waals surface area contributed by atoms with Gasteiger partial charge in [-0.3, -0.25) is 14.6 Å². The summed E-state index contributed by atoms with van der Waals surface area (Å²) in [6.07, 6.45) is 6.63. The Labute approximate surface area is 239 Å². The number of aromatic nitrogens is 2. The number of likely N-dealkylation sites (tertiary alicyclic amines) is 1. The molecule has 0 saturated carbocycles. The first kappa shape index (κ1) is 27.0. The highest BCUT2D eigenvalue weighted by atomic mass is 16.5. The second kappa shape index (κ2) is 12.1. The van der Waals surface area contributed by atoms with Crippen molar-refractivity contribution in [1.29, 1.82) is 0 Å². The second-order valence-corrected chi connectivity index (χ2v) is 10.8. The first-order valence-electron chi connectivity index (χ1n) is 14.3. The minimum absolute atomic E-state index is 0.0526. The minimum atomic E-state index is -0.257. The number of benzene rings is 2. The van der Waals surface area contributed by atoms with Gasteiger partial charge in [-0.05, 0) is 61.1 Å². The molecule has 4 heterocycles. The third-order valence-corrected chi connectivity index (χ3v) is 7.91. The zero-order chi connectivity index (χ0) is 28.2. The molecule has 10 heteroatoms. The summed E-state index contributed by atoms with van der Waals surface area (Å²) in [6.45, 7) is 3.07. The predicted molar refractivity (Wildman–Crippen MR) is 152 cm³/mol. The van der Waals surface area contributed by atoms with Gasteiger partial charge in [-0.2, -0.15) is 0 Å². The van der Waals surface area contributed by atoms with Crippen molar-refractivity contribution in [2.45, 2.75) is 50.9 Å². The van der Waals surface area contributed by atoms with Crippen LogP contribution in [-0.2, 0) is 22.6 Å². The SMILES string of the molecule is COc1ccc2cc1Oc1cccc(c1)CO[C@@H]1CCN(c3cncc(C(=O)N4CCCC4)n3)C[C@@H]1NC(=O)CC2. The number of nitrogens with one attached hydrogen (secondary N) is 1. The van der Waals surface area contributed by atoms with Crippen LogP contribution >= 0.6 is 0 Å². The largest absolute Gasteiger partial charge is 0.493 e. The van der Waals surface area contributed by atoms with E-state index in [9.17, 15) is 9.59 Å². The monoisotopic (exact) mass is 557 g/mol. The molecule has 2 saturated heterocycles. The Hall–Kier alpha value is -4.18. The van der Waals surface area contributed by atoms with Gasteiger partial charge in [0, 0.05) is 32.6 Å². The van der Waals surface area contributed by atoms with E-state index in [1.807, 2.05) is 47.4 Å². The zero-order valence-electron chi connectivity index (χ0n) is 23.3. The van der Waals surface area contributed by atoms with Crippen molar-refractivity contribution in [2.24, 2.45) is 0 Å². The second-order valence-electron chi connectivity index (χ2n) is 10.8. The summed E-state index contributed by atoms with van der Waals surface area (Å²) in [7, 11) is 1.61. The van der Waals surface area contributed by atoms with E-state index in [4.69, 9.17) is 14.2 Å². The first-order valence-corrected chi connectivity index (χ1v) is 14.3. The molecule has 3 aliphatic rings. The highest BCUT2D eigenvalue weighted by molar-refractivity contribution is 5.92. The number of aryl methyl sites for hydroxylation is 1. The molecule has 41 heavy (non-hydrogen) atoms. The van der Waals surface area contributed by atoms with Gasteiger partial charge in [0.2, 0.25) is 5.91 Å². The fourth-order valence-corrected chi connectivity index (χ4v) is 5.69. The molecule has 1 N–H and O–H groups in total. The van der Waals surface area contributed by atoms with Gasteiger partial charge >= 0.3 is 0 Å². The van der Waals surface area contributed by atoms with Crippen LogP contribution in [0.15, 0.2) is 54.9 Å². The van der Waals surface area contributed by atoms with E-state index < -0.39 is 0 Å². The molecule has 0 radical (unpaired) electrons. The number of rotatable bonds is 3. The maximum Gasteiger partial charge on any atom is 0.274 e. The third kappa shape index (κ3) is 6.27. The van der Waals surface area contributed by atoms with E-state index in [0.29, 0.717) is 67.7 Å². The number of hydrogen-bond acceptors (Lipinski definition) is 8. The lowest BCUT2D eigenvalue weighted by Gasteiger charge is -2.39. The summed E-state index contributed by atoms with van der Waals surface area (Å²) in [5.74, 6) is 2.43. The molecule has 1 aromatic heterocycles. The van der Waals surface area contributed by atoms with Gasteiger partial charge in [-0.1, -0.05) is 18.2 Å². The van der Waals surface area contributed by atoms with Gasteiger partial charge in [0.25, 0.3) is 5.91 Å². The number of ether oxygens (including phenoxy) is 3. The highest BCUT2D eigenvalue weighted by Gasteiger charge is 2.33. The summed E-state index contributed by atoms with van der Waals surface area (Å²) in [6, 6.07) is 13.3. The van der Waals surface area contributed by atoms with E-state index in [0.717, 1.165) is 37.1 Å². The van der Waals surface area contributed by atoms with E-state index >= 15 is 0 Å². The Morgan fingerprint density at radius 1 is 1.05 bits per heavy atom. The van der Waals surface area contributed by atoms with Gasteiger partial charge < -0.3 is 29.3 Å². The van der Waals surface area contributed by atoms with Crippen molar-refractivity contribution in [1.82, 2.24) is 20.2 Å². The lowest BCUT2D eigenvalue weighted by atomic mass is 10.0. The molecule has 2 atom stereocenters. The van der Waals surface area contributed by atoms with Crippen LogP contribution in [0.5, 0.6) is 17.2 Å². The molecule has 3 aliphatic heterocycles. The van der Waals surface area contributed by atoms with Crippen LogP contribution in [0.2, 0.25) is 0 Å². The number of fused-ring (bicyclic) bond motifs is 5. The minimum Gasteiger partial charge on any atom is -0.493 e. The van der Waals surface area contributed by atoms with Crippen LogP contribution in [0.3, 0.4) is 0 Å². The lowest BCUT2D eigenvalue weighted by Crippen LogP contribution is -2.56. The molecule has 0 unspecified atom stereocenters. The van der Waals surface area contributed by atoms with Crippen molar-refractivity contribution < 1.29 is 23.8 Å². The molecule has 4 bridgehead atoms. The number of carbonyl (C=O) groups is 2. The van der Waals surface area contributed by atoms with Gasteiger partial charge in [0.15, 0.2) is 11.5 Å². The average molecular weight is 558 g/mol. The first-order chi connectivity index (χ1) is 20.1. The third-order valence-electron chi connectivity index (χ3n) is 7.91. The van der Waals surface area contributed by atoms with Crippen LogP contribution in [0.25, 0.3) is 0 Å². The van der Waals surface area contributed by atoms with E-state index in [-0.39, 0.29) is 24.0 Å². The van der Waals surface area contributed by atoms with Crippen molar-refractivity contribution in [3.8, 4) is 17.2 Å². The number of amides is 2. The fraction of sp³-hybridized carbons (Fsp3) is 0.419. The molecule has 2 fully saturated rings. The molecular weight excluding hydrogens is 522 g/mol. The van der Waals surface area contributed by atoms with Gasteiger partial charge in [-0.25, -0.2) is 4.98 Å². The Morgan fingerprint density at radius 3 is 2.78 bits per heavy atom. The summed E-state index contributed by atoms with van der Waals surface area (Å²) < 4.78 is 18.1. The lowest BCUT2D eigenvalue weighted by molar-refractivity contribution is -0.123. The molecule has 6 rings (SSSR count). The number of nitrogens with zero attached hydrogens (tertiary/aromatic N) is 4. The van der Waals surface area contributed by atoms with Crippen molar-refractivity contribution >= 4 is 17.6 Å². The summed E-state index contributed by atoms with van der Waals surface area (Å²) in [5.41, 5.74) is 2.31. The topological polar surface area (TPSA) is 106 Å². The van der Waals surface area contributed by atoms with E-state index in [1.165, 1.54) is 6.20 Å². The predicted octanol–water partition coefficient (Wildman–Crippen LogP) is 3.74. The number of hydrogen-bond donors (Lipinski definition) is 1. The van der Waals surface area contributed by atoms with Crippen LogP contribution < -0.4 is 19.7 Å². The maximum atomic E-state index is 13.2. The van der Waals surface area contributed by atoms with Crippen LogP contribution in [0, 0.1) is 0 Å². The fourth-order valence-electron chi connectivity index (χ4n) is 5.69. The smallest absolute Gasteiger partial charge is 0.274 e. The Balaban J connectivity index is 1.22. The van der Waals surface area contributed by atoms with Gasteiger partial charge in [0.05, 0.1) is 38.3 Å². The van der Waals surface area contributed by atoms with Gasteiger partial charge in [0.1, 0.15) is 17.3 Å². The van der Waals surface area contributed by atoms with E-state index in [2.05, 4.69) is 20.2 Å². The molecule has 214 valence electrons. The normalized spacial score (nSPS) is 21.1. The Bertz CT molecular complexity index is 1410. The molecule has 10 nitrogen and oxygen atoms in total. The standard InChI is InChI=1S/C31H35N5O5/c1-39-27-9-7-21-8-10-30(37)34-25-19-36(29-18-32-17-24(33-29)31(38)35-12-2-3-13-35)14-11-26(25)40-20-22-5-4-6-23(15-22)41-28(27)16-21/h4-7,9,15-18,25-26H,2-3,8,10-14,19-20H2,1H3,(H,34,37)/t25-,26+/m0/s1. The van der Waals surface area contributed by atoms with Crippen LogP contribution in [-0.4, -0.2) is 72.1 Å². The summed E-state index contributed by atoms with van der Waals surface area (Å²) in [5, 5.41) is 3.22. The van der Waals surface area contributed by atoms with Crippen molar-refractivity contribution in [2.75, 3.05) is 38.2 Å². The number of carbonyl (C=O) groups excluding carboxylic acids is 2. The number of anilines is 1. The molecule has 0 spiro atoms. The molecule has 3 aromatic rings. The van der Waals surface area contributed by atoms with Gasteiger partial charge in [-0.15, -0.1) is 0 Å². The number of piperidine rings is 1. The quantitative estimate of drug-likeness (QED) is 0.519. The number of methoxy groups -OCH3 is 1. The van der Waals surface area contributed by atoms with Crippen molar-refractivity contribution in [3.05, 3.63) is 71.7 Å². The van der Waals surface area contributed by atoms with Crippen molar-refractivity contribution in [3.63, 3.8) is 0 Å². The molecule has 2 aromatic carbocycles. The average Bonchev–Trinajstić information content (AvgIpc) is 3.54. The van der Waals surface area contributed by atoms with E-state index in [1.54, 1.807) is 13.3 Å². The molecule has 2 amide bonds. The zero-order valence-corrected chi connectivity index (χ0v) is 23.3.